The molecule has 4 aromatic rings. The fourth-order valence-corrected chi connectivity index (χ4v) is 4.46. The molecule has 0 aliphatic rings. The Kier molecular flexibility index (Phi) is 19.2. The minimum Gasteiger partial charge on any atom is -0.508 e. The van der Waals surface area contributed by atoms with Gasteiger partial charge in [-0.3, -0.25) is 29.8 Å². The van der Waals surface area contributed by atoms with Crippen LogP contribution in [0.2, 0.25) is 0 Å². The zero-order chi connectivity index (χ0) is 44.2. The van der Waals surface area contributed by atoms with E-state index in [2.05, 4.69) is 31.9 Å². The minimum absolute atomic E-state index is 0.137. The van der Waals surface area contributed by atoms with Crippen LogP contribution in [0.15, 0.2) is 97.1 Å². The van der Waals surface area contributed by atoms with Crippen molar-refractivity contribution in [2.45, 2.75) is 52.7 Å². The fourth-order valence-electron chi connectivity index (χ4n) is 4.39. The van der Waals surface area contributed by atoms with Gasteiger partial charge in [-0.25, -0.2) is 9.59 Å². The van der Waals surface area contributed by atoms with E-state index in [1.165, 1.54) is 26.2 Å². The standard InChI is InChI=1S/C21H25N3O5.C11H15NO3.C10H11ClN2O2/c1-21(2,3)29-20(27)23-14-9-11-15(12-10-14)28-13-18(25)24-17-8-6-5-7-16(17)19(26)22-4;1-11(2,3)15-10(14)12-8-4-6-9(13)7-5-8;1-12-10(15)7-4-2-3-5-8(7)13-9(14)6-11/h5-12H,13H2,1-4H3,(H,22,26)(H,23,27)(H,24,25);4-7,13H,1-3H3,(H,12,14);2-5H,6H2,1H3,(H,12,15)(H,13,14). The summed E-state index contributed by atoms with van der Waals surface area (Å²) in [6, 6.07) is 26.1. The van der Waals surface area contributed by atoms with E-state index in [1.54, 1.807) is 126 Å². The third kappa shape index (κ3) is 19.3. The van der Waals surface area contributed by atoms with E-state index in [9.17, 15) is 28.8 Å². The highest BCUT2D eigenvalue weighted by molar-refractivity contribution is 6.29. The quantitative estimate of drug-likeness (QED) is 0.0621. The van der Waals surface area contributed by atoms with Crippen LogP contribution in [-0.2, 0) is 19.1 Å². The number of amides is 6. The summed E-state index contributed by atoms with van der Waals surface area (Å²) in [5, 5.41) is 24.4. The Balaban J connectivity index is 0.000000336. The third-order valence-corrected chi connectivity index (χ3v) is 7.09. The van der Waals surface area contributed by atoms with E-state index in [0.717, 1.165) is 0 Å². The topological polar surface area (TPSA) is 223 Å². The van der Waals surface area contributed by atoms with Crippen molar-refractivity contribution >= 4 is 70.2 Å². The number of rotatable bonds is 10. The van der Waals surface area contributed by atoms with Crippen LogP contribution in [0.4, 0.5) is 32.3 Å². The molecule has 0 atom stereocenters. The monoisotopic (exact) mass is 834 g/mol. The van der Waals surface area contributed by atoms with Crippen molar-refractivity contribution in [3.05, 3.63) is 108 Å². The van der Waals surface area contributed by atoms with Crippen LogP contribution >= 0.6 is 11.6 Å². The highest BCUT2D eigenvalue weighted by Gasteiger charge is 2.18. The Morgan fingerprint density at radius 3 is 1.34 bits per heavy atom. The molecule has 0 aromatic heterocycles. The molecule has 0 saturated carbocycles. The number of anilines is 4. The van der Waals surface area contributed by atoms with Crippen LogP contribution < -0.4 is 36.6 Å². The molecular formula is C42H51ClN6O10. The number of ether oxygens (including phenoxy) is 3. The molecule has 0 aliphatic carbocycles. The lowest BCUT2D eigenvalue weighted by atomic mass is 10.1. The SMILES string of the molecule is CC(C)(C)OC(=O)Nc1ccc(O)cc1.CNC(=O)c1ccccc1NC(=O)CCl.CNC(=O)c1ccccc1NC(=O)COc1ccc(NC(=O)OC(C)(C)C)cc1. The number of phenols is 1. The van der Waals surface area contributed by atoms with Gasteiger partial charge in [-0.2, -0.15) is 0 Å². The number of carbonyl (C=O) groups is 6. The highest BCUT2D eigenvalue weighted by atomic mass is 35.5. The Hall–Kier alpha value is -6.81. The summed E-state index contributed by atoms with van der Waals surface area (Å²) in [6.07, 6.45) is -1.06. The van der Waals surface area contributed by atoms with Crippen LogP contribution in [0.1, 0.15) is 62.3 Å². The lowest BCUT2D eigenvalue weighted by Gasteiger charge is -2.19. The summed E-state index contributed by atoms with van der Waals surface area (Å²) in [5.41, 5.74) is 1.66. The van der Waals surface area contributed by atoms with Crippen LogP contribution in [0.5, 0.6) is 11.5 Å². The second-order valence-electron chi connectivity index (χ2n) is 14.1. The average molecular weight is 835 g/mol. The molecule has 59 heavy (non-hydrogen) atoms. The maximum atomic E-state index is 12.2. The largest absolute Gasteiger partial charge is 0.508 e. The lowest BCUT2D eigenvalue weighted by Crippen LogP contribution is -2.27. The summed E-state index contributed by atoms with van der Waals surface area (Å²) in [7, 11) is 3.05. The molecule has 4 aromatic carbocycles. The zero-order valence-corrected chi connectivity index (χ0v) is 34.9. The number of hydrogen-bond donors (Lipinski definition) is 7. The number of alkyl halides is 1. The predicted octanol–water partition coefficient (Wildman–Crippen LogP) is 7.37. The van der Waals surface area contributed by atoms with Crippen molar-refractivity contribution in [1.29, 1.82) is 0 Å². The van der Waals surface area contributed by atoms with Gasteiger partial charge in [-0.15, -0.1) is 11.6 Å². The summed E-state index contributed by atoms with van der Waals surface area (Å²) >= 11 is 5.36. The molecule has 0 aliphatic heterocycles. The number of benzene rings is 4. The highest BCUT2D eigenvalue weighted by Crippen LogP contribution is 2.19. The molecule has 7 N–H and O–H groups in total. The smallest absolute Gasteiger partial charge is 0.412 e. The third-order valence-electron chi connectivity index (χ3n) is 6.85. The van der Waals surface area contributed by atoms with E-state index in [1.807, 2.05) is 0 Å². The molecule has 0 unspecified atom stereocenters. The van der Waals surface area contributed by atoms with Gasteiger partial charge in [0.25, 0.3) is 17.7 Å². The fraction of sp³-hybridized carbons (Fsp3) is 0.286. The van der Waals surface area contributed by atoms with Crippen molar-refractivity contribution in [3.8, 4) is 11.5 Å². The van der Waals surface area contributed by atoms with Crippen molar-refractivity contribution < 1.29 is 48.1 Å². The average Bonchev–Trinajstić information content (AvgIpc) is 3.17. The number of hydrogen-bond acceptors (Lipinski definition) is 10. The van der Waals surface area contributed by atoms with E-state index >= 15 is 0 Å². The summed E-state index contributed by atoms with van der Waals surface area (Å²) in [5.74, 6) is -0.817. The van der Waals surface area contributed by atoms with Crippen molar-refractivity contribution in [2.24, 2.45) is 0 Å². The first-order valence-corrected chi connectivity index (χ1v) is 18.6. The molecule has 0 spiro atoms. The van der Waals surface area contributed by atoms with Crippen molar-refractivity contribution in [1.82, 2.24) is 10.6 Å². The first-order valence-electron chi connectivity index (χ1n) is 18.0. The molecule has 0 heterocycles. The van der Waals surface area contributed by atoms with Gasteiger partial charge >= 0.3 is 12.2 Å². The maximum absolute atomic E-state index is 12.2. The lowest BCUT2D eigenvalue weighted by molar-refractivity contribution is -0.118. The molecule has 6 amide bonds. The van der Waals surface area contributed by atoms with Gasteiger partial charge < -0.3 is 40.6 Å². The molecule has 17 heteroatoms. The Morgan fingerprint density at radius 1 is 0.559 bits per heavy atom. The molecule has 0 fully saturated rings. The van der Waals surface area contributed by atoms with Gasteiger partial charge in [-0.05, 0) is 114 Å². The molecule has 316 valence electrons. The molecular weight excluding hydrogens is 784 g/mol. The number of carbonyl (C=O) groups excluding carboxylic acids is 6. The second kappa shape index (κ2) is 23.4. The minimum atomic E-state index is -0.586. The molecule has 16 nitrogen and oxygen atoms in total. The molecule has 0 radical (unpaired) electrons. The molecule has 4 rings (SSSR count). The van der Waals surface area contributed by atoms with Crippen molar-refractivity contribution in [2.75, 3.05) is 47.8 Å². The van der Waals surface area contributed by atoms with Crippen LogP contribution in [0, 0.1) is 0 Å². The van der Waals surface area contributed by atoms with Gasteiger partial charge in [0.05, 0.1) is 22.5 Å². The second-order valence-corrected chi connectivity index (χ2v) is 14.4. The number of halogens is 1. The summed E-state index contributed by atoms with van der Waals surface area (Å²) in [4.78, 5) is 69.5. The van der Waals surface area contributed by atoms with Crippen LogP contribution in [0.25, 0.3) is 0 Å². The van der Waals surface area contributed by atoms with E-state index in [0.29, 0.717) is 39.6 Å². The summed E-state index contributed by atoms with van der Waals surface area (Å²) in [6.45, 7) is 10.5. The van der Waals surface area contributed by atoms with Gasteiger partial charge in [0.2, 0.25) is 5.91 Å². The van der Waals surface area contributed by atoms with Gasteiger partial charge in [0.15, 0.2) is 6.61 Å². The first kappa shape index (κ1) is 48.3. The predicted molar refractivity (Wildman–Crippen MR) is 227 cm³/mol. The number of nitrogens with one attached hydrogen (secondary N) is 6. The zero-order valence-electron chi connectivity index (χ0n) is 34.2. The van der Waals surface area contributed by atoms with Crippen molar-refractivity contribution in [3.63, 3.8) is 0 Å². The maximum Gasteiger partial charge on any atom is 0.412 e. The number of aromatic hydroxyl groups is 1. The van der Waals surface area contributed by atoms with Crippen LogP contribution in [0.3, 0.4) is 0 Å². The number of phenolic OH excluding ortho intramolecular Hbond substituents is 1. The van der Waals surface area contributed by atoms with Gasteiger partial charge in [-0.1, -0.05) is 24.3 Å². The van der Waals surface area contributed by atoms with Crippen LogP contribution in [-0.4, -0.2) is 78.7 Å². The Labute approximate surface area is 348 Å². The van der Waals surface area contributed by atoms with Gasteiger partial charge in [0.1, 0.15) is 28.6 Å². The van der Waals surface area contributed by atoms with Gasteiger partial charge in [0, 0.05) is 25.5 Å². The van der Waals surface area contributed by atoms with E-state index < -0.39 is 29.3 Å². The Morgan fingerprint density at radius 2 is 0.949 bits per heavy atom. The summed E-state index contributed by atoms with van der Waals surface area (Å²) < 4.78 is 15.7. The number of para-hydroxylation sites is 2. The first-order chi connectivity index (χ1) is 27.7. The van der Waals surface area contributed by atoms with E-state index in [4.69, 9.17) is 30.9 Å². The van der Waals surface area contributed by atoms with E-state index in [-0.39, 0.29) is 36.0 Å². The molecule has 0 saturated heterocycles. The Bertz CT molecular complexity index is 2030. The molecule has 0 bridgehead atoms. The normalized spacial score (nSPS) is 10.4.